The molecule has 0 spiro atoms. The quantitative estimate of drug-likeness (QED) is 0.269. The summed E-state index contributed by atoms with van der Waals surface area (Å²) in [6.45, 7) is 3.67. The first-order valence-electron chi connectivity index (χ1n) is 10.7. The first-order valence-corrected chi connectivity index (χ1v) is 10.7. The van der Waals surface area contributed by atoms with Crippen LogP contribution in [-0.4, -0.2) is 27.9 Å². The molecule has 3 aromatic rings. The molecule has 1 N–H and O–H groups in total. The molecule has 0 saturated heterocycles. The number of para-hydroxylation sites is 1. The van der Waals surface area contributed by atoms with Crippen LogP contribution in [0.1, 0.15) is 47.8 Å². The minimum atomic E-state index is -0.970. The molecule has 0 aliphatic carbocycles. The second-order valence-electron chi connectivity index (χ2n) is 7.74. The van der Waals surface area contributed by atoms with Crippen LogP contribution >= 0.6 is 0 Å². The predicted molar refractivity (Wildman–Crippen MR) is 124 cm³/mol. The second-order valence-corrected chi connectivity index (χ2v) is 7.74. The number of esters is 1. The molecule has 0 radical (unpaired) electrons. The Hall–Kier alpha value is -4.27. The van der Waals surface area contributed by atoms with Crippen LogP contribution in [0, 0.1) is 10.1 Å². The van der Waals surface area contributed by atoms with Crippen molar-refractivity contribution in [3.05, 3.63) is 99.7 Å². The minimum absolute atomic E-state index is 0.202. The lowest BCUT2D eigenvalue weighted by molar-refractivity contribution is -0.385. The number of ether oxygens (including phenoxy) is 2. The number of nitro groups is 1. The highest BCUT2D eigenvalue weighted by atomic mass is 16.6. The maximum absolute atomic E-state index is 13.0. The van der Waals surface area contributed by atoms with Crippen LogP contribution in [0.2, 0.25) is 0 Å². The van der Waals surface area contributed by atoms with Gasteiger partial charge in [-0.25, -0.2) is 4.98 Å². The summed E-state index contributed by atoms with van der Waals surface area (Å²) in [6.07, 6.45) is 0.804. The minimum Gasteiger partial charge on any atom is -0.473 e. The highest BCUT2D eigenvalue weighted by molar-refractivity contribution is 5.95. The molecule has 2 aromatic carbocycles. The van der Waals surface area contributed by atoms with Gasteiger partial charge in [-0.15, -0.1) is 0 Å². The van der Waals surface area contributed by atoms with Gasteiger partial charge in [0, 0.05) is 23.9 Å². The van der Waals surface area contributed by atoms with Gasteiger partial charge < -0.3 is 14.8 Å². The van der Waals surface area contributed by atoms with Crippen LogP contribution < -0.4 is 10.1 Å². The predicted octanol–water partition coefficient (Wildman–Crippen LogP) is 4.38. The number of nitro benzene ring substituents is 1. The van der Waals surface area contributed by atoms with E-state index in [1.807, 2.05) is 30.3 Å². The summed E-state index contributed by atoms with van der Waals surface area (Å²) < 4.78 is 10.9. The maximum atomic E-state index is 13.0. The van der Waals surface area contributed by atoms with E-state index < -0.39 is 22.8 Å². The molecule has 1 heterocycles. The molecule has 0 bridgehead atoms. The summed E-state index contributed by atoms with van der Waals surface area (Å²) in [4.78, 5) is 40.5. The van der Waals surface area contributed by atoms with E-state index in [9.17, 15) is 19.7 Å². The lowest BCUT2D eigenvalue weighted by Gasteiger charge is -2.19. The monoisotopic (exact) mass is 463 g/mol. The van der Waals surface area contributed by atoms with Crippen LogP contribution in [0.25, 0.3) is 0 Å². The molecule has 0 aliphatic heterocycles. The lowest BCUT2D eigenvalue weighted by Crippen LogP contribution is -2.31. The largest absolute Gasteiger partial charge is 0.473 e. The SMILES string of the molecule is CC(C)OC(=O)CC(NC(=O)c1ccnc(OCc2ccccc2)c1)c1ccccc1[N+](=O)[O-]. The summed E-state index contributed by atoms with van der Waals surface area (Å²) in [6, 6.07) is 17.5. The van der Waals surface area contributed by atoms with Gasteiger partial charge in [0.05, 0.1) is 29.1 Å². The van der Waals surface area contributed by atoms with Gasteiger partial charge in [-0.2, -0.15) is 0 Å². The van der Waals surface area contributed by atoms with Crippen molar-refractivity contribution in [2.75, 3.05) is 0 Å². The van der Waals surface area contributed by atoms with Gasteiger partial charge >= 0.3 is 5.97 Å². The van der Waals surface area contributed by atoms with Gasteiger partial charge in [-0.1, -0.05) is 48.5 Å². The first kappa shape index (κ1) is 24.4. The summed E-state index contributed by atoms with van der Waals surface area (Å²) in [7, 11) is 0. The molecule has 1 unspecified atom stereocenters. The fraction of sp³-hybridized carbons (Fsp3) is 0.240. The molecule has 1 aromatic heterocycles. The van der Waals surface area contributed by atoms with E-state index in [-0.39, 0.29) is 41.8 Å². The molecular formula is C25H25N3O6. The third-order valence-electron chi connectivity index (χ3n) is 4.78. The Morgan fingerprint density at radius 1 is 1.06 bits per heavy atom. The smallest absolute Gasteiger partial charge is 0.308 e. The van der Waals surface area contributed by atoms with Crippen molar-refractivity contribution in [1.82, 2.24) is 10.3 Å². The Morgan fingerprint density at radius 3 is 2.47 bits per heavy atom. The number of rotatable bonds is 10. The Labute approximate surface area is 196 Å². The molecule has 0 saturated carbocycles. The van der Waals surface area contributed by atoms with E-state index in [2.05, 4.69) is 10.3 Å². The van der Waals surface area contributed by atoms with Gasteiger partial charge in [-0.05, 0) is 25.5 Å². The lowest BCUT2D eigenvalue weighted by atomic mass is 10.0. The van der Waals surface area contributed by atoms with Crippen molar-refractivity contribution in [3.63, 3.8) is 0 Å². The molecule has 1 atom stereocenters. The molecule has 1 amide bonds. The van der Waals surface area contributed by atoms with Crippen LogP contribution in [-0.2, 0) is 16.1 Å². The molecule has 0 fully saturated rings. The molecule has 34 heavy (non-hydrogen) atoms. The molecule has 176 valence electrons. The average molecular weight is 463 g/mol. The Morgan fingerprint density at radius 2 is 1.76 bits per heavy atom. The topological polar surface area (TPSA) is 121 Å². The molecule has 9 nitrogen and oxygen atoms in total. The van der Waals surface area contributed by atoms with E-state index in [1.165, 1.54) is 36.5 Å². The van der Waals surface area contributed by atoms with Gasteiger partial charge in [0.15, 0.2) is 0 Å². The first-order chi connectivity index (χ1) is 16.3. The van der Waals surface area contributed by atoms with E-state index in [0.29, 0.717) is 0 Å². The number of nitrogens with zero attached hydrogens (tertiary/aromatic N) is 2. The number of carbonyl (C=O) groups is 2. The summed E-state index contributed by atoms with van der Waals surface area (Å²) in [5.74, 6) is -0.870. The molecule has 3 rings (SSSR count). The van der Waals surface area contributed by atoms with Crippen LogP contribution in [0.3, 0.4) is 0 Å². The second kappa shape index (κ2) is 11.6. The van der Waals surface area contributed by atoms with E-state index in [4.69, 9.17) is 9.47 Å². The molecule has 0 aliphatic rings. The Bertz CT molecular complexity index is 1150. The van der Waals surface area contributed by atoms with Crippen molar-refractivity contribution >= 4 is 17.6 Å². The van der Waals surface area contributed by atoms with Crippen LogP contribution in [0.15, 0.2) is 72.9 Å². The van der Waals surface area contributed by atoms with Crippen molar-refractivity contribution < 1.29 is 24.0 Å². The number of carbonyl (C=O) groups excluding carboxylic acids is 2. The standard InChI is InChI=1S/C25H25N3O6/c1-17(2)34-24(29)15-21(20-10-6-7-11-22(20)28(31)32)27-25(30)19-12-13-26-23(14-19)33-16-18-8-4-3-5-9-18/h3-14,17,21H,15-16H2,1-2H3,(H,27,30). The third kappa shape index (κ3) is 6.86. The summed E-state index contributed by atoms with van der Waals surface area (Å²) in [5.41, 5.74) is 1.18. The van der Waals surface area contributed by atoms with E-state index in [1.54, 1.807) is 19.9 Å². The molecule has 9 heteroatoms. The number of hydrogen-bond acceptors (Lipinski definition) is 7. The van der Waals surface area contributed by atoms with E-state index >= 15 is 0 Å². The third-order valence-corrected chi connectivity index (χ3v) is 4.78. The van der Waals surface area contributed by atoms with Crippen LogP contribution in [0.5, 0.6) is 5.88 Å². The fourth-order valence-corrected chi connectivity index (χ4v) is 3.27. The number of aromatic nitrogens is 1. The van der Waals surface area contributed by atoms with E-state index in [0.717, 1.165) is 5.56 Å². The van der Waals surface area contributed by atoms with Crippen molar-refractivity contribution in [1.29, 1.82) is 0 Å². The van der Waals surface area contributed by atoms with Gasteiger partial charge in [0.25, 0.3) is 11.6 Å². The van der Waals surface area contributed by atoms with Crippen molar-refractivity contribution in [2.45, 2.75) is 39.0 Å². The Balaban J connectivity index is 1.80. The fourth-order valence-electron chi connectivity index (χ4n) is 3.27. The molecular weight excluding hydrogens is 438 g/mol. The zero-order valence-electron chi connectivity index (χ0n) is 18.8. The number of nitrogens with one attached hydrogen (secondary N) is 1. The zero-order valence-corrected chi connectivity index (χ0v) is 18.8. The van der Waals surface area contributed by atoms with Gasteiger partial charge in [0.1, 0.15) is 6.61 Å². The van der Waals surface area contributed by atoms with Crippen molar-refractivity contribution in [2.24, 2.45) is 0 Å². The highest BCUT2D eigenvalue weighted by Gasteiger charge is 2.27. The summed E-state index contributed by atoms with van der Waals surface area (Å²) >= 11 is 0. The summed E-state index contributed by atoms with van der Waals surface area (Å²) in [5, 5.41) is 14.3. The number of benzene rings is 2. The average Bonchev–Trinajstić information content (AvgIpc) is 2.82. The van der Waals surface area contributed by atoms with Gasteiger partial charge in [0.2, 0.25) is 5.88 Å². The zero-order chi connectivity index (χ0) is 24.5. The maximum Gasteiger partial charge on any atom is 0.308 e. The van der Waals surface area contributed by atoms with Crippen LogP contribution in [0.4, 0.5) is 5.69 Å². The normalized spacial score (nSPS) is 11.5. The highest BCUT2D eigenvalue weighted by Crippen LogP contribution is 2.28. The number of amides is 1. The number of pyridine rings is 1. The number of hydrogen-bond donors (Lipinski definition) is 1. The van der Waals surface area contributed by atoms with Gasteiger partial charge in [-0.3, -0.25) is 19.7 Å². The van der Waals surface area contributed by atoms with Crippen molar-refractivity contribution in [3.8, 4) is 5.88 Å². The Kier molecular flexibility index (Phi) is 8.28.